The van der Waals surface area contributed by atoms with Gasteiger partial charge < -0.3 is 15.5 Å². The standard InChI is InChI=1S/C14H21F3N2O2/c1-21-12-9-10(13(20)19-11(12)6-8-18)5-3-2-4-7-14(15,16)17/h9H,2-8,18H2,1H3,(H,19,20). The van der Waals surface area contributed by atoms with Crippen LogP contribution in [-0.2, 0) is 12.8 Å². The van der Waals surface area contributed by atoms with Gasteiger partial charge in [-0.2, -0.15) is 13.2 Å². The number of nitrogens with one attached hydrogen (secondary N) is 1. The number of alkyl halides is 3. The second kappa shape index (κ2) is 8.07. The molecule has 0 radical (unpaired) electrons. The largest absolute Gasteiger partial charge is 0.495 e. The third-order valence-corrected chi connectivity index (χ3v) is 3.18. The van der Waals surface area contributed by atoms with Crippen molar-refractivity contribution in [1.82, 2.24) is 4.98 Å². The lowest BCUT2D eigenvalue weighted by Crippen LogP contribution is -2.17. The topological polar surface area (TPSA) is 68.1 Å². The maximum Gasteiger partial charge on any atom is 0.389 e. The Balaban J connectivity index is 2.57. The molecule has 0 saturated carbocycles. The molecule has 0 aliphatic heterocycles. The van der Waals surface area contributed by atoms with Crippen LogP contribution in [0.25, 0.3) is 0 Å². The Kier molecular flexibility index (Phi) is 6.74. The van der Waals surface area contributed by atoms with Crippen molar-refractivity contribution >= 4 is 0 Å². The lowest BCUT2D eigenvalue weighted by Gasteiger charge is -2.10. The van der Waals surface area contributed by atoms with Crippen molar-refractivity contribution in [2.24, 2.45) is 5.73 Å². The minimum Gasteiger partial charge on any atom is -0.495 e. The van der Waals surface area contributed by atoms with Gasteiger partial charge in [-0.05, 0) is 31.9 Å². The Morgan fingerprint density at radius 2 is 1.95 bits per heavy atom. The lowest BCUT2D eigenvalue weighted by atomic mass is 10.1. The third kappa shape index (κ3) is 6.20. The van der Waals surface area contributed by atoms with E-state index in [1.165, 1.54) is 7.11 Å². The van der Waals surface area contributed by atoms with Crippen LogP contribution in [0.1, 0.15) is 36.9 Å². The van der Waals surface area contributed by atoms with Crippen LogP contribution >= 0.6 is 0 Å². The number of aromatic nitrogens is 1. The highest BCUT2D eigenvalue weighted by molar-refractivity contribution is 5.32. The number of hydrogen-bond donors (Lipinski definition) is 2. The number of pyridine rings is 1. The van der Waals surface area contributed by atoms with Gasteiger partial charge in [0, 0.05) is 18.4 Å². The van der Waals surface area contributed by atoms with Crippen LogP contribution in [0.15, 0.2) is 10.9 Å². The van der Waals surface area contributed by atoms with Crippen molar-refractivity contribution in [1.29, 1.82) is 0 Å². The first-order valence-electron chi connectivity index (χ1n) is 6.93. The minimum absolute atomic E-state index is 0.0871. The van der Waals surface area contributed by atoms with E-state index in [9.17, 15) is 18.0 Å². The highest BCUT2D eigenvalue weighted by atomic mass is 19.4. The Morgan fingerprint density at radius 1 is 1.24 bits per heavy atom. The number of nitrogens with two attached hydrogens (primary N) is 1. The number of halogens is 3. The molecule has 0 atom stereocenters. The number of hydrogen-bond acceptors (Lipinski definition) is 3. The molecule has 0 aromatic carbocycles. The highest BCUT2D eigenvalue weighted by Crippen LogP contribution is 2.23. The average Bonchev–Trinajstić information content (AvgIpc) is 2.39. The van der Waals surface area contributed by atoms with E-state index in [2.05, 4.69) is 4.98 Å². The molecule has 0 saturated heterocycles. The molecule has 1 aromatic heterocycles. The molecule has 120 valence electrons. The maximum absolute atomic E-state index is 12.0. The smallest absolute Gasteiger partial charge is 0.389 e. The number of rotatable bonds is 8. The number of H-pyrrole nitrogens is 1. The van der Waals surface area contributed by atoms with Crippen LogP contribution in [0.2, 0.25) is 0 Å². The van der Waals surface area contributed by atoms with Crippen LogP contribution in [0.5, 0.6) is 5.75 Å². The van der Waals surface area contributed by atoms with Crippen LogP contribution in [0.4, 0.5) is 13.2 Å². The van der Waals surface area contributed by atoms with Crippen molar-refractivity contribution in [3.63, 3.8) is 0 Å². The average molecular weight is 306 g/mol. The molecule has 0 unspecified atom stereocenters. The van der Waals surface area contributed by atoms with Gasteiger partial charge in [-0.25, -0.2) is 0 Å². The fraction of sp³-hybridized carbons (Fsp3) is 0.643. The predicted molar refractivity (Wildman–Crippen MR) is 74.6 cm³/mol. The number of unbranched alkanes of at least 4 members (excludes halogenated alkanes) is 2. The van der Waals surface area contributed by atoms with Gasteiger partial charge in [0.1, 0.15) is 5.75 Å². The van der Waals surface area contributed by atoms with Crippen molar-refractivity contribution < 1.29 is 17.9 Å². The molecule has 3 N–H and O–H groups in total. The van der Waals surface area contributed by atoms with E-state index in [0.717, 1.165) is 0 Å². The summed E-state index contributed by atoms with van der Waals surface area (Å²) in [6.07, 6.45) is -2.88. The Bertz CT molecular complexity index is 498. The third-order valence-electron chi connectivity index (χ3n) is 3.18. The molecule has 4 nitrogen and oxygen atoms in total. The molecule has 0 fully saturated rings. The lowest BCUT2D eigenvalue weighted by molar-refractivity contribution is -0.135. The summed E-state index contributed by atoms with van der Waals surface area (Å²) in [6.45, 7) is 0.392. The summed E-state index contributed by atoms with van der Waals surface area (Å²) >= 11 is 0. The van der Waals surface area contributed by atoms with E-state index in [0.29, 0.717) is 49.2 Å². The first kappa shape index (κ1) is 17.6. The molecule has 1 aromatic rings. The SMILES string of the molecule is COc1cc(CCCCCC(F)(F)F)c(=O)[nH]c1CCN. The molecule has 7 heteroatoms. The maximum atomic E-state index is 12.0. The van der Waals surface area contributed by atoms with Crippen LogP contribution in [-0.4, -0.2) is 24.8 Å². The van der Waals surface area contributed by atoms with Crippen LogP contribution in [0, 0.1) is 0 Å². The number of methoxy groups -OCH3 is 1. The summed E-state index contributed by atoms with van der Waals surface area (Å²) in [6, 6.07) is 1.65. The van der Waals surface area contributed by atoms with Gasteiger partial charge in [0.05, 0.1) is 12.8 Å². The molecular weight excluding hydrogens is 285 g/mol. The summed E-state index contributed by atoms with van der Waals surface area (Å²) in [7, 11) is 1.50. The van der Waals surface area contributed by atoms with Gasteiger partial charge in [-0.1, -0.05) is 6.42 Å². The summed E-state index contributed by atoms with van der Waals surface area (Å²) < 4.78 is 41.2. The molecule has 1 heterocycles. The summed E-state index contributed by atoms with van der Waals surface area (Å²) in [5.74, 6) is 0.561. The van der Waals surface area contributed by atoms with Crippen LogP contribution in [0.3, 0.4) is 0 Å². The quantitative estimate of drug-likeness (QED) is 0.725. The zero-order valence-corrected chi connectivity index (χ0v) is 12.1. The monoisotopic (exact) mass is 306 g/mol. The summed E-state index contributed by atoms with van der Waals surface area (Å²) in [5.41, 5.74) is 6.40. The van der Waals surface area contributed by atoms with E-state index in [4.69, 9.17) is 10.5 Å². The van der Waals surface area contributed by atoms with Crippen molar-refractivity contribution in [2.75, 3.05) is 13.7 Å². The predicted octanol–water partition coefficient (Wildman–Crippen LogP) is 2.55. The molecule has 1 rings (SSSR count). The fourth-order valence-corrected chi connectivity index (χ4v) is 2.11. The molecule has 21 heavy (non-hydrogen) atoms. The molecule has 0 amide bonds. The highest BCUT2D eigenvalue weighted by Gasteiger charge is 2.25. The van der Waals surface area contributed by atoms with E-state index < -0.39 is 12.6 Å². The molecule has 0 aliphatic carbocycles. The Morgan fingerprint density at radius 3 is 2.52 bits per heavy atom. The summed E-state index contributed by atoms with van der Waals surface area (Å²) in [5, 5.41) is 0. The zero-order valence-electron chi connectivity index (χ0n) is 12.1. The number of ether oxygens (including phenoxy) is 1. The van der Waals surface area contributed by atoms with Gasteiger partial charge >= 0.3 is 6.18 Å². The molecule has 0 bridgehead atoms. The fourth-order valence-electron chi connectivity index (χ4n) is 2.11. The van der Waals surface area contributed by atoms with Gasteiger partial charge in [0.2, 0.25) is 0 Å². The Labute approximate surface area is 121 Å². The minimum atomic E-state index is -4.11. The Hall–Kier alpha value is -1.50. The molecule has 0 spiro atoms. The van der Waals surface area contributed by atoms with Crippen molar-refractivity contribution in [2.45, 2.75) is 44.7 Å². The van der Waals surface area contributed by atoms with Gasteiger partial charge in [0.25, 0.3) is 5.56 Å². The first-order chi connectivity index (χ1) is 9.87. The van der Waals surface area contributed by atoms with Gasteiger partial charge in [0.15, 0.2) is 0 Å². The number of aryl methyl sites for hydroxylation is 1. The summed E-state index contributed by atoms with van der Waals surface area (Å²) in [4.78, 5) is 14.6. The van der Waals surface area contributed by atoms with E-state index >= 15 is 0 Å². The molecular formula is C14H21F3N2O2. The van der Waals surface area contributed by atoms with Gasteiger partial charge in [-0.15, -0.1) is 0 Å². The normalized spacial score (nSPS) is 11.7. The van der Waals surface area contributed by atoms with E-state index in [-0.39, 0.29) is 12.0 Å². The zero-order chi connectivity index (χ0) is 15.9. The second-order valence-electron chi connectivity index (χ2n) is 4.89. The van der Waals surface area contributed by atoms with E-state index in [1.807, 2.05) is 0 Å². The van der Waals surface area contributed by atoms with E-state index in [1.54, 1.807) is 6.07 Å². The molecule has 0 aliphatic rings. The van der Waals surface area contributed by atoms with Gasteiger partial charge in [-0.3, -0.25) is 4.79 Å². The van der Waals surface area contributed by atoms with Crippen molar-refractivity contribution in [3.8, 4) is 5.75 Å². The first-order valence-corrected chi connectivity index (χ1v) is 6.93. The second-order valence-corrected chi connectivity index (χ2v) is 4.89. The number of aromatic amines is 1. The van der Waals surface area contributed by atoms with Crippen molar-refractivity contribution in [3.05, 3.63) is 27.7 Å². The van der Waals surface area contributed by atoms with Crippen LogP contribution < -0.4 is 16.0 Å².